The van der Waals surface area contributed by atoms with Crippen LogP contribution in [0.3, 0.4) is 0 Å². The molecule has 0 fully saturated rings. The van der Waals surface area contributed by atoms with Crippen molar-refractivity contribution in [3.8, 4) is 0 Å². The van der Waals surface area contributed by atoms with Gasteiger partial charge in [0.05, 0.1) is 10.0 Å². The van der Waals surface area contributed by atoms with Gasteiger partial charge in [-0.3, -0.25) is 9.59 Å². The number of amides is 2. The highest BCUT2D eigenvalue weighted by Crippen LogP contribution is 2.24. The van der Waals surface area contributed by atoms with Crippen LogP contribution in [-0.4, -0.2) is 18.4 Å². The largest absolute Gasteiger partial charge is 0.348 e. The highest BCUT2D eigenvalue weighted by atomic mass is 35.5. The van der Waals surface area contributed by atoms with Crippen LogP contribution in [0.2, 0.25) is 10.0 Å². The smallest absolute Gasteiger partial charge is 0.313 e. The van der Waals surface area contributed by atoms with Crippen molar-refractivity contribution in [2.75, 3.05) is 11.9 Å². The highest BCUT2D eigenvalue weighted by molar-refractivity contribution is 6.42. The summed E-state index contributed by atoms with van der Waals surface area (Å²) in [6.07, 6.45) is 2.95. The zero-order chi connectivity index (χ0) is 14.3. The minimum absolute atomic E-state index is 0.322. The molecule has 104 valence electrons. The second kappa shape index (κ2) is 8.02. The van der Waals surface area contributed by atoms with Crippen molar-refractivity contribution in [2.45, 2.75) is 26.2 Å². The molecule has 0 aliphatic carbocycles. The van der Waals surface area contributed by atoms with Crippen molar-refractivity contribution in [3.63, 3.8) is 0 Å². The maximum atomic E-state index is 11.6. The molecule has 0 aliphatic heterocycles. The summed E-state index contributed by atoms with van der Waals surface area (Å²) in [6, 6.07) is 4.63. The molecule has 0 aromatic heterocycles. The number of unbranched alkanes of at least 4 members (excludes halogenated alkanes) is 2. The molecule has 19 heavy (non-hydrogen) atoms. The Morgan fingerprint density at radius 1 is 1.11 bits per heavy atom. The van der Waals surface area contributed by atoms with Gasteiger partial charge in [0.1, 0.15) is 0 Å². The lowest BCUT2D eigenvalue weighted by molar-refractivity contribution is -0.136. The number of carbonyl (C=O) groups excluding carboxylic acids is 2. The number of rotatable bonds is 5. The molecule has 0 unspecified atom stereocenters. The van der Waals surface area contributed by atoms with Crippen LogP contribution in [0.5, 0.6) is 0 Å². The quantitative estimate of drug-likeness (QED) is 0.648. The minimum Gasteiger partial charge on any atom is -0.348 e. The molecule has 1 aromatic carbocycles. The fourth-order valence-corrected chi connectivity index (χ4v) is 1.72. The topological polar surface area (TPSA) is 58.2 Å². The van der Waals surface area contributed by atoms with Gasteiger partial charge in [0, 0.05) is 12.2 Å². The summed E-state index contributed by atoms with van der Waals surface area (Å²) in [5.74, 6) is -1.36. The van der Waals surface area contributed by atoms with E-state index in [0.717, 1.165) is 19.3 Å². The average Bonchev–Trinajstić information content (AvgIpc) is 2.38. The Hall–Kier alpha value is -1.26. The van der Waals surface area contributed by atoms with Crippen molar-refractivity contribution in [1.82, 2.24) is 5.32 Å². The average molecular weight is 303 g/mol. The van der Waals surface area contributed by atoms with E-state index in [9.17, 15) is 9.59 Å². The molecule has 0 aliphatic rings. The minimum atomic E-state index is -0.713. The SMILES string of the molecule is CCCCCNC(=O)C(=O)Nc1ccc(Cl)c(Cl)c1. The Labute approximate surface area is 122 Å². The first-order valence-corrected chi connectivity index (χ1v) is 6.84. The highest BCUT2D eigenvalue weighted by Gasteiger charge is 2.13. The van der Waals surface area contributed by atoms with Gasteiger partial charge in [0.25, 0.3) is 0 Å². The van der Waals surface area contributed by atoms with E-state index in [0.29, 0.717) is 22.3 Å². The molecular formula is C13H16Cl2N2O2. The normalized spacial score (nSPS) is 10.1. The zero-order valence-electron chi connectivity index (χ0n) is 10.6. The molecule has 1 aromatic rings. The monoisotopic (exact) mass is 302 g/mol. The van der Waals surface area contributed by atoms with Crippen LogP contribution in [-0.2, 0) is 9.59 Å². The zero-order valence-corrected chi connectivity index (χ0v) is 12.1. The molecule has 0 radical (unpaired) electrons. The van der Waals surface area contributed by atoms with Gasteiger partial charge in [-0.05, 0) is 24.6 Å². The number of halogens is 2. The number of anilines is 1. The third-order valence-corrected chi connectivity index (χ3v) is 3.19. The van der Waals surface area contributed by atoms with Crippen LogP contribution in [0.4, 0.5) is 5.69 Å². The van der Waals surface area contributed by atoms with Crippen LogP contribution < -0.4 is 10.6 Å². The maximum Gasteiger partial charge on any atom is 0.313 e. The van der Waals surface area contributed by atoms with E-state index in [2.05, 4.69) is 17.6 Å². The molecule has 0 saturated carbocycles. The molecule has 1 rings (SSSR count). The molecular weight excluding hydrogens is 287 g/mol. The fraction of sp³-hybridized carbons (Fsp3) is 0.385. The summed E-state index contributed by atoms with van der Waals surface area (Å²) in [7, 11) is 0. The van der Waals surface area contributed by atoms with E-state index < -0.39 is 11.8 Å². The molecule has 0 saturated heterocycles. The Morgan fingerprint density at radius 3 is 2.47 bits per heavy atom. The van der Waals surface area contributed by atoms with Gasteiger partial charge in [-0.15, -0.1) is 0 Å². The summed E-state index contributed by atoms with van der Waals surface area (Å²) in [5, 5.41) is 5.72. The Kier molecular flexibility index (Phi) is 6.67. The molecule has 2 N–H and O–H groups in total. The van der Waals surface area contributed by atoms with Crippen LogP contribution in [0.25, 0.3) is 0 Å². The summed E-state index contributed by atoms with van der Waals surface area (Å²) >= 11 is 11.6. The first-order valence-electron chi connectivity index (χ1n) is 6.08. The summed E-state index contributed by atoms with van der Waals surface area (Å²) in [4.78, 5) is 23.1. The van der Waals surface area contributed by atoms with Gasteiger partial charge in [-0.1, -0.05) is 43.0 Å². The molecule has 6 heteroatoms. The first-order chi connectivity index (χ1) is 9.04. The summed E-state index contributed by atoms with van der Waals surface area (Å²) in [6.45, 7) is 2.57. The van der Waals surface area contributed by atoms with Crippen LogP contribution in [0, 0.1) is 0 Å². The Bertz CT molecular complexity index is 464. The second-order valence-corrected chi connectivity index (χ2v) is 4.86. The third kappa shape index (κ3) is 5.49. The Balaban J connectivity index is 2.45. The van der Waals surface area contributed by atoms with Gasteiger partial charge < -0.3 is 10.6 Å². The first kappa shape index (κ1) is 15.8. The van der Waals surface area contributed by atoms with Gasteiger partial charge in [0.15, 0.2) is 0 Å². The van der Waals surface area contributed by atoms with E-state index in [1.165, 1.54) is 6.07 Å². The lowest BCUT2D eigenvalue weighted by Gasteiger charge is -2.07. The lowest BCUT2D eigenvalue weighted by Crippen LogP contribution is -2.35. The predicted octanol–water partition coefficient (Wildman–Crippen LogP) is 3.24. The Morgan fingerprint density at radius 2 is 1.84 bits per heavy atom. The van der Waals surface area contributed by atoms with Crippen LogP contribution >= 0.6 is 23.2 Å². The molecule has 0 bridgehead atoms. The molecule has 2 amide bonds. The molecule has 0 atom stereocenters. The molecule has 0 heterocycles. The fourth-order valence-electron chi connectivity index (χ4n) is 1.42. The molecule has 0 spiro atoms. The van der Waals surface area contributed by atoms with Gasteiger partial charge in [-0.2, -0.15) is 0 Å². The van der Waals surface area contributed by atoms with Crippen molar-refractivity contribution in [3.05, 3.63) is 28.2 Å². The number of nitrogens with one attached hydrogen (secondary N) is 2. The van der Waals surface area contributed by atoms with E-state index in [1.54, 1.807) is 12.1 Å². The second-order valence-electron chi connectivity index (χ2n) is 4.05. The number of carbonyl (C=O) groups is 2. The van der Waals surface area contributed by atoms with Crippen LogP contribution in [0.15, 0.2) is 18.2 Å². The summed E-state index contributed by atoms with van der Waals surface area (Å²) < 4.78 is 0. The van der Waals surface area contributed by atoms with Gasteiger partial charge >= 0.3 is 11.8 Å². The van der Waals surface area contributed by atoms with Gasteiger partial charge in [0.2, 0.25) is 0 Å². The lowest BCUT2D eigenvalue weighted by atomic mass is 10.2. The van der Waals surface area contributed by atoms with E-state index in [-0.39, 0.29) is 0 Å². The van der Waals surface area contributed by atoms with Crippen LogP contribution in [0.1, 0.15) is 26.2 Å². The van der Waals surface area contributed by atoms with Crippen molar-refractivity contribution in [1.29, 1.82) is 0 Å². The predicted molar refractivity (Wildman–Crippen MR) is 77.6 cm³/mol. The number of hydrogen-bond donors (Lipinski definition) is 2. The van der Waals surface area contributed by atoms with Crippen molar-refractivity contribution in [2.24, 2.45) is 0 Å². The number of hydrogen-bond acceptors (Lipinski definition) is 2. The van der Waals surface area contributed by atoms with E-state index in [1.807, 2.05) is 0 Å². The van der Waals surface area contributed by atoms with E-state index >= 15 is 0 Å². The standard InChI is InChI=1S/C13H16Cl2N2O2/c1-2-3-4-7-16-12(18)13(19)17-9-5-6-10(14)11(15)8-9/h5-6,8H,2-4,7H2,1H3,(H,16,18)(H,17,19). The van der Waals surface area contributed by atoms with Crippen molar-refractivity contribution >= 4 is 40.7 Å². The summed E-state index contributed by atoms with van der Waals surface area (Å²) in [5.41, 5.74) is 0.433. The molecule has 4 nitrogen and oxygen atoms in total. The van der Waals surface area contributed by atoms with Gasteiger partial charge in [-0.25, -0.2) is 0 Å². The number of benzene rings is 1. The van der Waals surface area contributed by atoms with Crippen molar-refractivity contribution < 1.29 is 9.59 Å². The third-order valence-electron chi connectivity index (χ3n) is 2.45. The maximum absolute atomic E-state index is 11.6. The van der Waals surface area contributed by atoms with E-state index in [4.69, 9.17) is 23.2 Å².